The smallest absolute Gasteiger partial charge is 0.307 e. The van der Waals surface area contributed by atoms with Gasteiger partial charge in [-0.1, -0.05) is 129 Å². The molecule has 0 bridgehead atoms. The highest BCUT2D eigenvalue weighted by molar-refractivity contribution is 5.70. The van der Waals surface area contributed by atoms with Crippen molar-refractivity contribution < 1.29 is 28.5 Å². The number of nitrogens with zero attached hydrogens (tertiary/aromatic N) is 2. The molecular weight excluding hydrogens is 677 g/mol. The second kappa shape index (κ2) is 41.4. The molecule has 0 aliphatic carbocycles. The van der Waals surface area contributed by atoms with Crippen molar-refractivity contribution in [3.8, 4) is 0 Å². The summed E-state index contributed by atoms with van der Waals surface area (Å²) >= 11 is 0. The summed E-state index contributed by atoms with van der Waals surface area (Å²) in [6, 6.07) is 0.860. The van der Waals surface area contributed by atoms with Crippen LogP contribution in [0.25, 0.3) is 0 Å². The molecule has 322 valence electrons. The molecule has 0 unspecified atom stereocenters. The van der Waals surface area contributed by atoms with E-state index in [1.165, 1.54) is 116 Å². The molecule has 0 rings (SSSR count). The molecule has 8 heteroatoms. The molecule has 0 saturated heterocycles. The number of rotatable bonds is 43. The van der Waals surface area contributed by atoms with E-state index in [-0.39, 0.29) is 11.9 Å². The standard InChI is InChI=1S/C46H92N2O6/c1-7-9-11-13-15-17-19-21-23-25-37-51-39-27-29-41-53-45(49)31-33-47(35-36-48(43(3)4)44(5)6)34-32-46(50)54-42-30-28-40-52-38-26-24-22-20-18-16-14-12-10-8-2/h43-44H,7-42H2,1-6H3. The molecule has 0 heterocycles. The van der Waals surface area contributed by atoms with Crippen molar-refractivity contribution in [3.05, 3.63) is 0 Å². The maximum atomic E-state index is 12.6. The zero-order valence-corrected chi connectivity index (χ0v) is 37.0. The quantitative estimate of drug-likeness (QED) is 0.0448. The van der Waals surface area contributed by atoms with Crippen LogP contribution in [-0.2, 0) is 28.5 Å². The fraction of sp³-hybridized carbons (Fsp3) is 0.957. The van der Waals surface area contributed by atoms with Gasteiger partial charge < -0.3 is 23.8 Å². The van der Waals surface area contributed by atoms with Crippen molar-refractivity contribution in [2.24, 2.45) is 0 Å². The van der Waals surface area contributed by atoms with E-state index in [4.69, 9.17) is 18.9 Å². The normalized spacial score (nSPS) is 11.8. The summed E-state index contributed by atoms with van der Waals surface area (Å²) in [5.74, 6) is -0.345. The fourth-order valence-corrected chi connectivity index (χ4v) is 6.92. The minimum absolute atomic E-state index is 0.172. The highest BCUT2D eigenvalue weighted by atomic mass is 16.5. The Morgan fingerprint density at radius 1 is 0.389 bits per heavy atom. The Labute approximate surface area is 335 Å². The third-order valence-electron chi connectivity index (χ3n) is 10.4. The molecule has 54 heavy (non-hydrogen) atoms. The number of carbonyl (C=O) groups excluding carboxylic acids is 2. The van der Waals surface area contributed by atoms with Crippen LogP contribution in [0.5, 0.6) is 0 Å². The maximum Gasteiger partial charge on any atom is 0.307 e. The topological polar surface area (TPSA) is 77.5 Å². The van der Waals surface area contributed by atoms with Crippen LogP contribution in [0.3, 0.4) is 0 Å². The first-order valence-corrected chi connectivity index (χ1v) is 23.3. The van der Waals surface area contributed by atoms with Crippen LogP contribution < -0.4 is 0 Å². The van der Waals surface area contributed by atoms with E-state index in [2.05, 4.69) is 51.3 Å². The second-order valence-electron chi connectivity index (χ2n) is 16.2. The van der Waals surface area contributed by atoms with Gasteiger partial charge >= 0.3 is 11.9 Å². The van der Waals surface area contributed by atoms with Gasteiger partial charge in [-0.25, -0.2) is 0 Å². The number of unbranched alkanes of at least 4 members (excludes halogenated alkanes) is 20. The Morgan fingerprint density at radius 2 is 0.685 bits per heavy atom. The first kappa shape index (κ1) is 52.8. The third-order valence-corrected chi connectivity index (χ3v) is 10.4. The first-order chi connectivity index (χ1) is 26.3. The van der Waals surface area contributed by atoms with Crippen LogP contribution in [-0.4, -0.2) is 99.6 Å². The van der Waals surface area contributed by atoms with E-state index in [0.29, 0.717) is 51.2 Å². The van der Waals surface area contributed by atoms with Gasteiger partial charge in [-0.3, -0.25) is 14.5 Å². The van der Waals surface area contributed by atoms with Crippen molar-refractivity contribution >= 4 is 11.9 Å². The Kier molecular flexibility index (Phi) is 40.5. The van der Waals surface area contributed by atoms with E-state index < -0.39 is 0 Å². The van der Waals surface area contributed by atoms with E-state index in [1.807, 2.05) is 0 Å². The summed E-state index contributed by atoms with van der Waals surface area (Å²) < 4.78 is 22.7. The van der Waals surface area contributed by atoms with Gasteiger partial charge in [0, 0.05) is 64.7 Å². The van der Waals surface area contributed by atoms with Crippen molar-refractivity contribution in [1.82, 2.24) is 9.80 Å². The van der Waals surface area contributed by atoms with Gasteiger partial charge in [-0.15, -0.1) is 0 Å². The molecule has 0 fully saturated rings. The Bertz CT molecular complexity index is 735. The highest BCUT2D eigenvalue weighted by Crippen LogP contribution is 2.12. The van der Waals surface area contributed by atoms with Gasteiger partial charge in [-0.05, 0) is 66.2 Å². The lowest BCUT2D eigenvalue weighted by Crippen LogP contribution is -2.43. The van der Waals surface area contributed by atoms with Gasteiger partial charge in [0.1, 0.15) is 0 Å². The lowest BCUT2D eigenvalue weighted by Gasteiger charge is -2.33. The predicted molar refractivity (Wildman–Crippen MR) is 228 cm³/mol. The average molecular weight is 769 g/mol. The molecule has 0 spiro atoms. The van der Waals surface area contributed by atoms with Crippen LogP contribution in [0.15, 0.2) is 0 Å². The molecule has 0 amide bonds. The minimum Gasteiger partial charge on any atom is -0.466 e. The van der Waals surface area contributed by atoms with E-state index in [0.717, 1.165) is 78.0 Å². The van der Waals surface area contributed by atoms with Gasteiger partial charge in [-0.2, -0.15) is 0 Å². The summed E-state index contributed by atoms with van der Waals surface area (Å²) in [6.45, 7) is 20.2. The predicted octanol–water partition coefficient (Wildman–Crippen LogP) is 11.7. The lowest BCUT2D eigenvalue weighted by molar-refractivity contribution is -0.144. The number of hydrogen-bond acceptors (Lipinski definition) is 8. The van der Waals surface area contributed by atoms with Crippen LogP contribution in [0, 0.1) is 0 Å². The number of ether oxygens (including phenoxy) is 4. The SMILES string of the molecule is CCCCCCCCCCCCOCCCCOC(=O)CCN(CCC(=O)OCCCCOCCCCCCCCCCCC)CCN(C(C)C)C(C)C. The molecule has 0 aromatic rings. The Balaban J connectivity index is 4.07. The number of hydrogen-bond donors (Lipinski definition) is 0. The third kappa shape index (κ3) is 37.7. The average Bonchev–Trinajstić information content (AvgIpc) is 3.15. The van der Waals surface area contributed by atoms with Gasteiger partial charge in [0.25, 0.3) is 0 Å². The molecule has 0 radical (unpaired) electrons. The summed E-state index contributed by atoms with van der Waals surface area (Å²) in [5, 5.41) is 0. The van der Waals surface area contributed by atoms with Crippen molar-refractivity contribution in [1.29, 1.82) is 0 Å². The lowest BCUT2D eigenvalue weighted by atomic mass is 10.1. The Morgan fingerprint density at radius 3 is 1.02 bits per heavy atom. The van der Waals surface area contributed by atoms with Crippen LogP contribution in [0.4, 0.5) is 0 Å². The zero-order chi connectivity index (χ0) is 39.7. The summed E-state index contributed by atoms with van der Waals surface area (Å²) in [7, 11) is 0. The van der Waals surface area contributed by atoms with Crippen LogP contribution in [0.2, 0.25) is 0 Å². The molecular formula is C46H92N2O6. The molecule has 0 N–H and O–H groups in total. The molecule has 0 aromatic carbocycles. The number of esters is 2. The van der Waals surface area contributed by atoms with E-state index >= 15 is 0 Å². The molecule has 0 atom stereocenters. The molecule has 8 nitrogen and oxygen atoms in total. The van der Waals surface area contributed by atoms with Crippen LogP contribution in [0.1, 0.15) is 208 Å². The molecule has 0 aromatic heterocycles. The van der Waals surface area contributed by atoms with Crippen LogP contribution >= 0.6 is 0 Å². The maximum absolute atomic E-state index is 12.6. The van der Waals surface area contributed by atoms with Crippen molar-refractivity contribution in [2.75, 3.05) is 65.8 Å². The minimum atomic E-state index is -0.172. The highest BCUT2D eigenvalue weighted by Gasteiger charge is 2.17. The first-order valence-electron chi connectivity index (χ1n) is 23.3. The van der Waals surface area contributed by atoms with Crippen molar-refractivity contribution in [3.63, 3.8) is 0 Å². The summed E-state index contributed by atoms with van der Waals surface area (Å²) in [6.07, 6.45) is 30.8. The van der Waals surface area contributed by atoms with Crippen molar-refractivity contribution in [2.45, 2.75) is 221 Å². The summed E-state index contributed by atoms with van der Waals surface area (Å²) in [4.78, 5) is 29.8. The van der Waals surface area contributed by atoms with Gasteiger partial charge in [0.15, 0.2) is 0 Å². The molecule has 0 aliphatic heterocycles. The van der Waals surface area contributed by atoms with E-state index in [9.17, 15) is 9.59 Å². The van der Waals surface area contributed by atoms with Gasteiger partial charge in [0.05, 0.1) is 26.1 Å². The Hall–Kier alpha value is -1.22. The molecule has 0 aliphatic rings. The monoisotopic (exact) mass is 769 g/mol. The fourth-order valence-electron chi connectivity index (χ4n) is 6.92. The van der Waals surface area contributed by atoms with Gasteiger partial charge in [0.2, 0.25) is 0 Å². The summed E-state index contributed by atoms with van der Waals surface area (Å²) in [5.41, 5.74) is 0. The zero-order valence-electron chi connectivity index (χ0n) is 37.0. The van der Waals surface area contributed by atoms with E-state index in [1.54, 1.807) is 0 Å². The number of carbonyl (C=O) groups is 2. The molecule has 0 saturated carbocycles. The largest absolute Gasteiger partial charge is 0.466 e. The second-order valence-corrected chi connectivity index (χ2v) is 16.2.